The van der Waals surface area contributed by atoms with E-state index in [4.69, 9.17) is 0 Å². The molecule has 3 nitrogen and oxygen atoms in total. The van der Waals surface area contributed by atoms with Crippen molar-refractivity contribution in [1.29, 1.82) is 0 Å². The molecule has 1 aliphatic heterocycles. The molecule has 1 fully saturated rings. The summed E-state index contributed by atoms with van der Waals surface area (Å²) in [6, 6.07) is 0. The van der Waals surface area contributed by atoms with Crippen molar-refractivity contribution in [3.63, 3.8) is 0 Å². The van der Waals surface area contributed by atoms with Crippen molar-refractivity contribution in [3.8, 4) is 0 Å². The van der Waals surface area contributed by atoms with E-state index in [0.717, 1.165) is 18.6 Å². The second-order valence-electron chi connectivity index (χ2n) is 5.17. The first kappa shape index (κ1) is 12.8. The van der Waals surface area contributed by atoms with Crippen LogP contribution in [-0.2, 0) is 4.79 Å². The van der Waals surface area contributed by atoms with Gasteiger partial charge in [0.1, 0.15) is 0 Å². The average molecular weight is 231 g/mol. The summed E-state index contributed by atoms with van der Waals surface area (Å²) in [5, 5.41) is 12.9. The number of hydrogen-bond donors (Lipinski definition) is 2. The zero-order chi connectivity index (χ0) is 11.7. The molecular formula is C11H21NO2S. The van der Waals surface area contributed by atoms with Gasteiger partial charge in [-0.1, -0.05) is 0 Å². The van der Waals surface area contributed by atoms with Crippen molar-refractivity contribution >= 4 is 17.7 Å². The van der Waals surface area contributed by atoms with E-state index in [1.165, 1.54) is 0 Å². The highest BCUT2D eigenvalue weighted by molar-refractivity contribution is 8.00. The minimum Gasteiger partial charge on any atom is -0.388 e. The Balaban J connectivity index is 2.57. The van der Waals surface area contributed by atoms with Crippen LogP contribution in [0.15, 0.2) is 0 Å². The summed E-state index contributed by atoms with van der Waals surface area (Å²) in [4.78, 5) is 11.9. The Morgan fingerprint density at radius 1 is 1.40 bits per heavy atom. The summed E-state index contributed by atoms with van der Waals surface area (Å²) in [5.74, 6) is 1.13. The van der Waals surface area contributed by atoms with Gasteiger partial charge in [0.05, 0.1) is 16.4 Å². The maximum Gasteiger partial charge on any atom is 0.233 e. The zero-order valence-electron chi connectivity index (χ0n) is 9.96. The molecule has 15 heavy (non-hydrogen) atoms. The van der Waals surface area contributed by atoms with E-state index < -0.39 is 11.1 Å². The van der Waals surface area contributed by atoms with E-state index in [-0.39, 0.29) is 11.2 Å². The third kappa shape index (κ3) is 3.11. The molecular weight excluding hydrogens is 210 g/mol. The van der Waals surface area contributed by atoms with Crippen LogP contribution < -0.4 is 5.32 Å². The Morgan fingerprint density at radius 3 is 2.40 bits per heavy atom. The molecule has 0 aliphatic carbocycles. The van der Waals surface area contributed by atoms with Gasteiger partial charge in [-0.25, -0.2) is 0 Å². The summed E-state index contributed by atoms with van der Waals surface area (Å²) >= 11 is 1.71. The molecule has 1 aliphatic rings. The lowest BCUT2D eigenvalue weighted by Crippen LogP contribution is -2.59. The third-order valence-corrected chi connectivity index (χ3v) is 4.56. The molecule has 0 spiro atoms. The third-order valence-electron chi connectivity index (χ3n) is 3.19. The van der Waals surface area contributed by atoms with Gasteiger partial charge in [0.25, 0.3) is 0 Å². The SMILES string of the molecule is CC(C)(O)C(C)(C)NC(=O)C1CCCS1. The minimum atomic E-state index is -0.911. The molecule has 1 saturated heterocycles. The van der Waals surface area contributed by atoms with E-state index in [1.807, 2.05) is 13.8 Å². The summed E-state index contributed by atoms with van der Waals surface area (Å²) in [5.41, 5.74) is -1.50. The van der Waals surface area contributed by atoms with Gasteiger partial charge in [-0.2, -0.15) is 0 Å². The van der Waals surface area contributed by atoms with Gasteiger partial charge in [-0.3, -0.25) is 4.79 Å². The molecule has 0 saturated carbocycles. The summed E-state index contributed by atoms with van der Waals surface area (Å²) < 4.78 is 0. The molecule has 1 unspecified atom stereocenters. The van der Waals surface area contributed by atoms with Crippen molar-refractivity contribution in [2.24, 2.45) is 0 Å². The van der Waals surface area contributed by atoms with Crippen molar-refractivity contribution < 1.29 is 9.90 Å². The van der Waals surface area contributed by atoms with Crippen molar-refractivity contribution in [2.75, 3.05) is 5.75 Å². The molecule has 0 aromatic carbocycles. The lowest BCUT2D eigenvalue weighted by molar-refractivity contribution is -0.125. The first-order valence-corrected chi connectivity index (χ1v) is 6.45. The topological polar surface area (TPSA) is 49.3 Å². The van der Waals surface area contributed by atoms with Gasteiger partial charge in [-0.15, -0.1) is 11.8 Å². The van der Waals surface area contributed by atoms with Crippen LogP contribution in [0.5, 0.6) is 0 Å². The minimum absolute atomic E-state index is 0.0598. The molecule has 0 radical (unpaired) electrons. The zero-order valence-corrected chi connectivity index (χ0v) is 10.8. The molecule has 1 atom stereocenters. The maximum atomic E-state index is 11.9. The van der Waals surface area contributed by atoms with Crippen molar-refractivity contribution in [1.82, 2.24) is 5.32 Å². The number of aliphatic hydroxyl groups is 1. The number of amides is 1. The van der Waals surface area contributed by atoms with E-state index in [9.17, 15) is 9.90 Å². The second-order valence-corrected chi connectivity index (χ2v) is 6.49. The fourth-order valence-corrected chi connectivity index (χ4v) is 2.49. The molecule has 88 valence electrons. The van der Waals surface area contributed by atoms with Crippen LogP contribution in [0.2, 0.25) is 0 Å². The number of carbonyl (C=O) groups excluding carboxylic acids is 1. The van der Waals surface area contributed by atoms with Gasteiger partial charge in [0.15, 0.2) is 0 Å². The number of nitrogens with one attached hydrogen (secondary N) is 1. The van der Waals surface area contributed by atoms with Crippen LogP contribution in [0.3, 0.4) is 0 Å². The highest BCUT2D eigenvalue weighted by atomic mass is 32.2. The van der Waals surface area contributed by atoms with Crippen LogP contribution in [0.1, 0.15) is 40.5 Å². The normalized spacial score (nSPS) is 22.9. The number of hydrogen-bond acceptors (Lipinski definition) is 3. The highest BCUT2D eigenvalue weighted by Crippen LogP contribution is 2.28. The number of carbonyl (C=O) groups is 1. The Bertz CT molecular complexity index is 239. The summed E-state index contributed by atoms with van der Waals surface area (Å²) in [7, 11) is 0. The molecule has 0 aromatic rings. The summed E-state index contributed by atoms with van der Waals surface area (Å²) in [6.45, 7) is 7.14. The molecule has 4 heteroatoms. The lowest BCUT2D eigenvalue weighted by atomic mass is 9.86. The van der Waals surface area contributed by atoms with Gasteiger partial charge < -0.3 is 10.4 Å². The molecule has 1 amide bonds. The predicted octanol–water partition coefficient (Wildman–Crippen LogP) is 1.55. The predicted molar refractivity (Wildman–Crippen MR) is 64.0 cm³/mol. The van der Waals surface area contributed by atoms with E-state index >= 15 is 0 Å². The van der Waals surface area contributed by atoms with E-state index in [1.54, 1.807) is 25.6 Å². The van der Waals surface area contributed by atoms with Gasteiger partial charge in [0.2, 0.25) is 5.91 Å². The molecule has 2 N–H and O–H groups in total. The molecule has 1 rings (SSSR count). The average Bonchev–Trinajstić information content (AvgIpc) is 2.51. The first-order valence-electron chi connectivity index (χ1n) is 5.40. The monoisotopic (exact) mass is 231 g/mol. The fraction of sp³-hybridized carbons (Fsp3) is 0.909. The van der Waals surface area contributed by atoms with Gasteiger partial charge >= 0.3 is 0 Å². The van der Waals surface area contributed by atoms with Crippen molar-refractivity contribution in [2.45, 2.75) is 56.9 Å². The van der Waals surface area contributed by atoms with E-state index in [2.05, 4.69) is 5.32 Å². The second kappa shape index (κ2) is 4.34. The Kier molecular flexibility index (Phi) is 3.71. The van der Waals surface area contributed by atoms with Crippen LogP contribution >= 0.6 is 11.8 Å². The smallest absolute Gasteiger partial charge is 0.233 e. The van der Waals surface area contributed by atoms with Crippen LogP contribution in [0.4, 0.5) is 0 Å². The van der Waals surface area contributed by atoms with Crippen LogP contribution in [0, 0.1) is 0 Å². The number of rotatable bonds is 3. The Labute approximate surface area is 96.0 Å². The molecule has 0 bridgehead atoms. The van der Waals surface area contributed by atoms with E-state index in [0.29, 0.717) is 0 Å². The molecule has 0 aromatic heterocycles. The highest BCUT2D eigenvalue weighted by Gasteiger charge is 2.38. The van der Waals surface area contributed by atoms with Crippen molar-refractivity contribution in [3.05, 3.63) is 0 Å². The van der Waals surface area contributed by atoms with Gasteiger partial charge in [0, 0.05) is 0 Å². The first-order chi connectivity index (χ1) is 6.74. The Hall–Kier alpha value is -0.220. The molecule has 1 heterocycles. The number of thioether (sulfide) groups is 1. The summed E-state index contributed by atoms with van der Waals surface area (Å²) in [6.07, 6.45) is 2.07. The Morgan fingerprint density at radius 2 is 2.00 bits per heavy atom. The van der Waals surface area contributed by atoms with Crippen LogP contribution in [-0.4, -0.2) is 33.2 Å². The quantitative estimate of drug-likeness (QED) is 0.775. The lowest BCUT2D eigenvalue weighted by Gasteiger charge is -2.38. The van der Waals surface area contributed by atoms with Crippen LogP contribution in [0.25, 0.3) is 0 Å². The standard InChI is InChI=1S/C11H21NO2S/c1-10(2,11(3,4)14)12-9(13)8-6-5-7-15-8/h8,14H,5-7H2,1-4H3,(H,12,13). The largest absolute Gasteiger partial charge is 0.388 e. The fourth-order valence-electron chi connectivity index (χ4n) is 1.33. The van der Waals surface area contributed by atoms with Gasteiger partial charge in [-0.05, 0) is 46.3 Å². The maximum absolute atomic E-state index is 11.9.